The summed E-state index contributed by atoms with van der Waals surface area (Å²) in [5.74, 6) is 0.321. The van der Waals surface area contributed by atoms with Gasteiger partial charge in [-0.15, -0.1) is 0 Å². The third-order valence-corrected chi connectivity index (χ3v) is 2.48. The first-order valence-corrected chi connectivity index (χ1v) is 6.26. The van der Waals surface area contributed by atoms with Crippen LogP contribution in [0.25, 0.3) is 6.08 Å². The number of benzene rings is 1. The maximum atomic E-state index is 11.6. The highest BCUT2D eigenvalue weighted by atomic mass is 16.5. The Morgan fingerprint density at radius 1 is 1.42 bits per heavy atom. The number of ketones is 1. The summed E-state index contributed by atoms with van der Waals surface area (Å²) in [6.45, 7) is 14.7. The number of ether oxygens (including phenoxy) is 1. The number of Topliss-reactive ketones (excluding diaryl/α,β-unsaturated/α-hetero) is 1. The zero-order valence-electron chi connectivity index (χ0n) is 12.1. The van der Waals surface area contributed by atoms with Crippen molar-refractivity contribution in [1.29, 1.82) is 0 Å². The second kappa shape index (κ2) is 8.14. The van der Waals surface area contributed by atoms with Gasteiger partial charge in [0.25, 0.3) is 0 Å². The number of aromatic hydroxyl groups is 1. The largest absolute Gasteiger partial charge is 0.508 e. The second-order valence-corrected chi connectivity index (χ2v) is 3.67. The van der Waals surface area contributed by atoms with Gasteiger partial charge >= 0.3 is 0 Å². The van der Waals surface area contributed by atoms with Crippen LogP contribution in [0.4, 0.5) is 0 Å². The summed E-state index contributed by atoms with van der Waals surface area (Å²) < 4.78 is 5.38. The monoisotopic (exact) mass is 262 g/mol. The Morgan fingerprint density at radius 2 is 2.00 bits per heavy atom. The van der Waals surface area contributed by atoms with Crippen LogP contribution in [0.1, 0.15) is 42.3 Å². The van der Waals surface area contributed by atoms with Crippen LogP contribution >= 0.6 is 0 Å². The minimum atomic E-state index is -0.123. The fourth-order valence-electron chi connectivity index (χ4n) is 1.64. The fourth-order valence-corrected chi connectivity index (χ4v) is 1.64. The van der Waals surface area contributed by atoms with Crippen molar-refractivity contribution in [3.8, 4) is 11.5 Å². The Kier molecular flexibility index (Phi) is 7.27. The van der Waals surface area contributed by atoms with Gasteiger partial charge < -0.3 is 9.84 Å². The molecule has 0 fully saturated rings. The molecule has 0 saturated carbocycles. The standard InChI is InChI=1S/C14H16O3.C2H6/c1-5-7-17-13-8-12(16)9(3)11(6-2)14(13)10(4)15;1-2/h5-6,8,16H,1-2,7H2,3-4H3;1-2H3. The van der Waals surface area contributed by atoms with Crippen LogP contribution in [0.5, 0.6) is 11.5 Å². The summed E-state index contributed by atoms with van der Waals surface area (Å²) in [5.41, 5.74) is 1.67. The van der Waals surface area contributed by atoms with E-state index >= 15 is 0 Å². The zero-order chi connectivity index (χ0) is 15.0. The third kappa shape index (κ3) is 3.98. The number of phenols is 1. The lowest BCUT2D eigenvalue weighted by Crippen LogP contribution is -2.05. The summed E-state index contributed by atoms with van der Waals surface area (Å²) >= 11 is 0. The molecule has 0 aliphatic heterocycles. The molecule has 0 spiro atoms. The van der Waals surface area contributed by atoms with Crippen LogP contribution in [0.15, 0.2) is 25.3 Å². The third-order valence-electron chi connectivity index (χ3n) is 2.48. The van der Waals surface area contributed by atoms with Crippen LogP contribution in [0, 0.1) is 6.92 Å². The fraction of sp³-hybridized carbons (Fsp3) is 0.312. The average molecular weight is 262 g/mol. The van der Waals surface area contributed by atoms with Gasteiger partial charge in [-0.25, -0.2) is 0 Å². The van der Waals surface area contributed by atoms with Gasteiger partial charge in [-0.2, -0.15) is 0 Å². The average Bonchev–Trinajstić information content (AvgIpc) is 2.41. The van der Waals surface area contributed by atoms with Crippen LogP contribution in [0.3, 0.4) is 0 Å². The highest BCUT2D eigenvalue weighted by Crippen LogP contribution is 2.33. The molecule has 0 aliphatic rings. The van der Waals surface area contributed by atoms with E-state index < -0.39 is 0 Å². The number of carbonyl (C=O) groups is 1. The quantitative estimate of drug-likeness (QED) is 0.641. The van der Waals surface area contributed by atoms with Gasteiger partial charge in [0.05, 0.1) is 5.56 Å². The molecule has 0 saturated heterocycles. The molecule has 19 heavy (non-hydrogen) atoms. The van der Waals surface area contributed by atoms with E-state index in [0.29, 0.717) is 22.4 Å². The van der Waals surface area contributed by atoms with Crippen molar-refractivity contribution < 1.29 is 14.6 Å². The summed E-state index contributed by atoms with van der Waals surface area (Å²) in [6.07, 6.45) is 3.13. The van der Waals surface area contributed by atoms with Gasteiger partial charge in [-0.05, 0) is 25.0 Å². The lowest BCUT2D eigenvalue weighted by Gasteiger charge is -2.14. The highest BCUT2D eigenvalue weighted by Gasteiger charge is 2.17. The van der Waals surface area contributed by atoms with Crippen LogP contribution in [-0.2, 0) is 0 Å². The van der Waals surface area contributed by atoms with Gasteiger partial charge in [0.1, 0.15) is 18.1 Å². The zero-order valence-corrected chi connectivity index (χ0v) is 12.1. The summed E-state index contributed by atoms with van der Waals surface area (Å²) in [5, 5.41) is 9.75. The predicted octanol–water partition coefficient (Wildman–Crippen LogP) is 4.14. The van der Waals surface area contributed by atoms with Gasteiger partial charge in [0.2, 0.25) is 0 Å². The SMILES string of the molecule is C=CCOc1cc(O)c(C)c(C=C)c1C(C)=O.CC. The minimum Gasteiger partial charge on any atom is -0.508 e. The van der Waals surface area contributed by atoms with E-state index in [9.17, 15) is 9.90 Å². The van der Waals surface area contributed by atoms with Crippen LogP contribution < -0.4 is 4.74 Å². The first-order valence-electron chi connectivity index (χ1n) is 6.26. The van der Waals surface area contributed by atoms with Crippen molar-refractivity contribution in [3.63, 3.8) is 0 Å². The van der Waals surface area contributed by atoms with Crippen LogP contribution in [-0.4, -0.2) is 17.5 Å². The Hall–Kier alpha value is -2.03. The maximum Gasteiger partial charge on any atom is 0.164 e. The first-order chi connectivity index (χ1) is 9.02. The minimum absolute atomic E-state index is 0.0870. The van der Waals surface area contributed by atoms with E-state index in [4.69, 9.17) is 4.74 Å². The number of rotatable bonds is 5. The van der Waals surface area contributed by atoms with E-state index in [1.54, 1.807) is 19.1 Å². The van der Waals surface area contributed by atoms with Crippen molar-refractivity contribution in [2.75, 3.05) is 6.61 Å². The molecule has 1 rings (SSSR count). The van der Waals surface area contributed by atoms with Gasteiger partial charge in [-0.3, -0.25) is 4.79 Å². The molecule has 0 bridgehead atoms. The number of hydrogen-bond acceptors (Lipinski definition) is 3. The molecule has 3 heteroatoms. The summed E-state index contributed by atoms with van der Waals surface area (Å²) in [6, 6.07) is 1.45. The maximum absolute atomic E-state index is 11.6. The van der Waals surface area contributed by atoms with Crippen molar-refractivity contribution >= 4 is 11.9 Å². The molecule has 0 amide bonds. The van der Waals surface area contributed by atoms with Gasteiger partial charge in [0, 0.05) is 6.07 Å². The van der Waals surface area contributed by atoms with E-state index in [2.05, 4.69) is 13.2 Å². The molecular formula is C16H22O3. The van der Waals surface area contributed by atoms with E-state index in [1.807, 2.05) is 13.8 Å². The lowest BCUT2D eigenvalue weighted by atomic mass is 9.97. The molecule has 0 aliphatic carbocycles. The van der Waals surface area contributed by atoms with Crippen LogP contribution in [0.2, 0.25) is 0 Å². The smallest absolute Gasteiger partial charge is 0.164 e. The molecule has 0 heterocycles. The molecule has 1 N–H and O–H groups in total. The number of hydrogen-bond donors (Lipinski definition) is 1. The normalized spacial score (nSPS) is 9.05. The second-order valence-electron chi connectivity index (χ2n) is 3.67. The van der Waals surface area contributed by atoms with E-state index in [-0.39, 0.29) is 18.1 Å². The Morgan fingerprint density at radius 3 is 2.42 bits per heavy atom. The number of carbonyl (C=O) groups excluding carboxylic acids is 1. The topological polar surface area (TPSA) is 46.5 Å². The van der Waals surface area contributed by atoms with Crippen molar-refractivity contribution in [1.82, 2.24) is 0 Å². The first kappa shape index (κ1) is 17.0. The summed E-state index contributed by atoms with van der Waals surface area (Å²) in [4.78, 5) is 11.6. The molecule has 3 nitrogen and oxygen atoms in total. The van der Waals surface area contributed by atoms with Crippen molar-refractivity contribution in [2.45, 2.75) is 27.7 Å². The lowest BCUT2D eigenvalue weighted by molar-refractivity contribution is 0.101. The highest BCUT2D eigenvalue weighted by molar-refractivity contribution is 6.01. The van der Waals surface area contributed by atoms with E-state index in [0.717, 1.165) is 0 Å². The Bertz CT molecular complexity index is 473. The molecular weight excluding hydrogens is 240 g/mol. The van der Waals surface area contributed by atoms with E-state index in [1.165, 1.54) is 13.0 Å². The van der Waals surface area contributed by atoms with Gasteiger partial charge in [0.15, 0.2) is 5.78 Å². The Labute approximate surface area is 115 Å². The molecule has 1 aromatic carbocycles. The molecule has 0 aromatic heterocycles. The Balaban J connectivity index is 0.00000154. The molecule has 0 radical (unpaired) electrons. The predicted molar refractivity (Wildman–Crippen MR) is 80.0 cm³/mol. The van der Waals surface area contributed by atoms with Crippen molar-refractivity contribution in [3.05, 3.63) is 42.0 Å². The molecule has 104 valence electrons. The molecule has 0 unspecified atom stereocenters. The molecule has 1 aromatic rings. The van der Waals surface area contributed by atoms with Crippen molar-refractivity contribution in [2.24, 2.45) is 0 Å². The summed E-state index contributed by atoms with van der Waals surface area (Å²) in [7, 11) is 0. The molecule has 0 atom stereocenters. The number of phenolic OH excluding ortho intramolecular Hbond substituents is 1. The van der Waals surface area contributed by atoms with Gasteiger partial charge in [-0.1, -0.05) is 39.2 Å².